The van der Waals surface area contributed by atoms with Gasteiger partial charge in [-0.3, -0.25) is 0 Å². The summed E-state index contributed by atoms with van der Waals surface area (Å²) in [5.41, 5.74) is 0. The smallest absolute Gasteiger partial charge is 0.210 e. The van der Waals surface area contributed by atoms with E-state index in [1.54, 1.807) is 6.20 Å². The topological polar surface area (TPSA) is 51.8 Å². The van der Waals surface area contributed by atoms with Crippen LogP contribution in [0.2, 0.25) is 0 Å². The summed E-state index contributed by atoms with van der Waals surface area (Å²) in [5, 5.41) is 1.02. The van der Waals surface area contributed by atoms with Crippen LogP contribution in [0.5, 0.6) is 0 Å². The second kappa shape index (κ2) is 3.26. The van der Waals surface area contributed by atoms with Crippen molar-refractivity contribution in [3.05, 3.63) is 17.6 Å². The van der Waals surface area contributed by atoms with E-state index in [-0.39, 0.29) is 0 Å². The molecule has 0 N–H and O–H groups in total. The molecule has 0 aromatic carbocycles. The molecule has 0 fully saturated rings. The summed E-state index contributed by atoms with van der Waals surface area (Å²) >= 11 is 1.41. The van der Waals surface area contributed by atoms with E-state index in [1.165, 1.54) is 17.9 Å². The summed E-state index contributed by atoms with van der Waals surface area (Å²) in [6.45, 7) is 4.18. The van der Waals surface area contributed by atoms with Crippen LogP contribution in [0.25, 0.3) is 11.6 Å². The molecular weight excluding hydrogens is 186 g/mol. The summed E-state index contributed by atoms with van der Waals surface area (Å²) in [6, 6.07) is 0. The fraction of sp³-hybridized carbons (Fsp3) is 0.375. The predicted octanol–water partition coefficient (Wildman–Crippen LogP) is 2.32. The average Bonchev–Trinajstić information content (AvgIpc) is 2.75. The summed E-state index contributed by atoms with van der Waals surface area (Å²) in [6.07, 6.45) is 3.00. The molecule has 2 aromatic rings. The lowest BCUT2D eigenvalue weighted by Crippen LogP contribution is -1.84. The molecule has 5 heteroatoms. The molecule has 2 aromatic heterocycles. The normalized spacial score (nSPS) is 11.0. The Balaban J connectivity index is 2.33. The van der Waals surface area contributed by atoms with E-state index in [9.17, 15) is 0 Å². The van der Waals surface area contributed by atoms with E-state index >= 15 is 0 Å². The number of hydrogen-bond acceptors (Lipinski definition) is 5. The van der Waals surface area contributed by atoms with Crippen LogP contribution in [0.3, 0.4) is 0 Å². The Morgan fingerprint density at radius 1 is 1.46 bits per heavy atom. The second-order valence-electron chi connectivity index (χ2n) is 2.98. The van der Waals surface area contributed by atoms with Crippen molar-refractivity contribution >= 4 is 11.5 Å². The molecule has 0 saturated carbocycles. The van der Waals surface area contributed by atoms with Crippen molar-refractivity contribution < 1.29 is 4.42 Å². The van der Waals surface area contributed by atoms with Crippen LogP contribution in [0.1, 0.15) is 24.8 Å². The lowest BCUT2D eigenvalue weighted by molar-refractivity contribution is 0.568. The van der Waals surface area contributed by atoms with Gasteiger partial charge in [0.1, 0.15) is 5.01 Å². The van der Waals surface area contributed by atoms with Gasteiger partial charge in [0.2, 0.25) is 5.82 Å². The van der Waals surface area contributed by atoms with Gasteiger partial charge in [-0.1, -0.05) is 13.8 Å². The minimum atomic E-state index is 0.411. The van der Waals surface area contributed by atoms with Crippen LogP contribution < -0.4 is 0 Å². The number of oxazole rings is 1. The maximum absolute atomic E-state index is 5.08. The number of aromatic nitrogens is 3. The van der Waals surface area contributed by atoms with E-state index in [4.69, 9.17) is 4.42 Å². The predicted molar refractivity (Wildman–Crippen MR) is 49.5 cm³/mol. The van der Waals surface area contributed by atoms with Crippen molar-refractivity contribution in [1.82, 2.24) is 14.3 Å². The first-order chi connectivity index (χ1) is 6.27. The Morgan fingerprint density at radius 3 is 2.85 bits per heavy atom. The molecule has 0 atom stereocenters. The third kappa shape index (κ3) is 1.60. The lowest BCUT2D eigenvalue weighted by atomic mass is 10.2. The van der Waals surface area contributed by atoms with Crippen LogP contribution in [0.4, 0.5) is 0 Å². The zero-order chi connectivity index (χ0) is 9.26. The SMILES string of the molecule is CC(C)c1nc(-c2cnco2)ns1. The van der Waals surface area contributed by atoms with Gasteiger partial charge < -0.3 is 4.42 Å². The minimum Gasteiger partial charge on any atom is -0.440 e. The molecule has 0 aliphatic rings. The first-order valence-corrected chi connectivity index (χ1v) is 4.77. The highest BCUT2D eigenvalue weighted by molar-refractivity contribution is 7.05. The number of nitrogens with zero attached hydrogens (tertiary/aromatic N) is 3. The van der Waals surface area contributed by atoms with Gasteiger partial charge >= 0.3 is 0 Å². The van der Waals surface area contributed by atoms with E-state index in [0.29, 0.717) is 17.5 Å². The van der Waals surface area contributed by atoms with Crippen LogP contribution in [0, 0.1) is 0 Å². The Bertz CT molecular complexity index is 380. The fourth-order valence-electron chi connectivity index (χ4n) is 0.896. The maximum atomic E-state index is 5.08. The Hall–Kier alpha value is -1.23. The molecule has 0 radical (unpaired) electrons. The van der Waals surface area contributed by atoms with Crippen molar-refractivity contribution in [3.8, 4) is 11.6 Å². The van der Waals surface area contributed by atoms with E-state index in [1.807, 2.05) is 0 Å². The molecule has 0 spiro atoms. The molecule has 2 rings (SSSR count). The first-order valence-electron chi connectivity index (χ1n) is 4.00. The zero-order valence-corrected chi connectivity index (χ0v) is 8.21. The van der Waals surface area contributed by atoms with Gasteiger partial charge in [0.05, 0.1) is 6.20 Å². The van der Waals surface area contributed by atoms with Gasteiger partial charge in [-0.05, 0) is 11.5 Å². The largest absolute Gasteiger partial charge is 0.440 e. The molecule has 0 aliphatic carbocycles. The molecule has 0 bridgehead atoms. The molecular formula is C8H9N3OS. The molecule has 0 amide bonds. The lowest BCUT2D eigenvalue weighted by Gasteiger charge is -1.93. The highest BCUT2D eigenvalue weighted by Gasteiger charge is 2.11. The molecule has 4 nitrogen and oxygen atoms in total. The van der Waals surface area contributed by atoms with Crippen molar-refractivity contribution in [3.63, 3.8) is 0 Å². The maximum Gasteiger partial charge on any atom is 0.210 e. The van der Waals surface area contributed by atoms with Gasteiger partial charge in [-0.2, -0.15) is 4.37 Å². The third-order valence-electron chi connectivity index (χ3n) is 1.59. The first kappa shape index (κ1) is 8.37. The molecule has 0 saturated heterocycles. The van der Waals surface area contributed by atoms with Crippen molar-refractivity contribution in [2.45, 2.75) is 19.8 Å². The Kier molecular flexibility index (Phi) is 2.10. The molecule has 0 aliphatic heterocycles. The number of hydrogen-bond donors (Lipinski definition) is 0. The highest BCUT2D eigenvalue weighted by atomic mass is 32.1. The van der Waals surface area contributed by atoms with Gasteiger partial charge in [0, 0.05) is 5.92 Å². The standard InChI is InChI=1S/C8H9N3OS/c1-5(2)8-10-7(11-13-8)6-3-9-4-12-6/h3-5H,1-2H3. The van der Waals surface area contributed by atoms with E-state index in [2.05, 4.69) is 28.2 Å². The van der Waals surface area contributed by atoms with E-state index < -0.39 is 0 Å². The average molecular weight is 195 g/mol. The minimum absolute atomic E-state index is 0.411. The molecule has 13 heavy (non-hydrogen) atoms. The summed E-state index contributed by atoms with van der Waals surface area (Å²) in [4.78, 5) is 8.14. The van der Waals surface area contributed by atoms with Crippen LogP contribution >= 0.6 is 11.5 Å². The Labute approximate surface area is 79.8 Å². The molecule has 68 valence electrons. The molecule has 2 heterocycles. The summed E-state index contributed by atoms with van der Waals surface area (Å²) in [5.74, 6) is 1.67. The van der Waals surface area contributed by atoms with Crippen LogP contribution in [-0.4, -0.2) is 14.3 Å². The third-order valence-corrected chi connectivity index (χ3v) is 2.60. The second-order valence-corrected chi connectivity index (χ2v) is 3.76. The fourth-order valence-corrected chi connectivity index (χ4v) is 1.54. The van der Waals surface area contributed by atoms with Crippen molar-refractivity contribution in [2.24, 2.45) is 0 Å². The van der Waals surface area contributed by atoms with E-state index in [0.717, 1.165) is 5.01 Å². The zero-order valence-electron chi connectivity index (χ0n) is 7.39. The highest BCUT2D eigenvalue weighted by Crippen LogP contribution is 2.21. The van der Waals surface area contributed by atoms with Crippen molar-refractivity contribution in [1.29, 1.82) is 0 Å². The quantitative estimate of drug-likeness (QED) is 0.737. The monoisotopic (exact) mass is 195 g/mol. The van der Waals surface area contributed by atoms with Gasteiger partial charge in [0.15, 0.2) is 12.2 Å². The van der Waals surface area contributed by atoms with Crippen LogP contribution in [0.15, 0.2) is 17.0 Å². The molecule has 0 unspecified atom stereocenters. The Morgan fingerprint density at radius 2 is 2.31 bits per heavy atom. The summed E-state index contributed by atoms with van der Waals surface area (Å²) in [7, 11) is 0. The van der Waals surface area contributed by atoms with Gasteiger partial charge in [0.25, 0.3) is 0 Å². The summed E-state index contributed by atoms with van der Waals surface area (Å²) < 4.78 is 9.26. The van der Waals surface area contributed by atoms with Gasteiger partial charge in [-0.15, -0.1) is 0 Å². The van der Waals surface area contributed by atoms with Gasteiger partial charge in [-0.25, -0.2) is 9.97 Å². The number of rotatable bonds is 2. The van der Waals surface area contributed by atoms with Crippen molar-refractivity contribution in [2.75, 3.05) is 0 Å². The van der Waals surface area contributed by atoms with Crippen LogP contribution in [-0.2, 0) is 0 Å².